The maximum atomic E-state index is 12.1. The molecule has 1 N–H and O–H groups in total. The number of rotatable bonds is 7. The molecule has 0 aliphatic heterocycles. The van der Waals surface area contributed by atoms with Crippen molar-refractivity contribution in [2.24, 2.45) is 0 Å². The van der Waals surface area contributed by atoms with Gasteiger partial charge in [0, 0.05) is 18.1 Å². The minimum absolute atomic E-state index is 0.186. The largest absolute Gasteiger partial charge is 0.508 e. The number of hydrogen-bond acceptors (Lipinski definition) is 3. The van der Waals surface area contributed by atoms with Crippen LogP contribution in [0.3, 0.4) is 0 Å². The van der Waals surface area contributed by atoms with E-state index >= 15 is 0 Å². The van der Waals surface area contributed by atoms with Gasteiger partial charge >= 0.3 is 0 Å². The van der Waals surface area contributed by atoms with E-state index in [0.29, 0.717) is 18.8 Å². The van der Waals surface area contributed by atoms with E-state index in [1.165, 1.54) is 0 Å². The molecule has 0 atom stereocenters. The van der Waals surface area contributed by atoms with Gasteiger partial charge < -0.3 is 9.84 Å². The van der Waals surface area contributed by atoms with Crippen molar-refractivity contribution in [1.29, 1.82) is 0 Å². The molecule has 0 heterocycles. The highest BCUT2D eigenvalue weighted by atomic mass is 16.5. The van der Waals surface area contributed by atoms with Gasteiger partial charge in [0.25, 0.3) is 0 Å². The summed E-state index contributed by atoms with van der Waals surface area (Å²) >= 11 is 0. The van der Waals surface area contributed by atoms with Crippen molar-refractivity contribution >= 4 is 5.78 Å². The zero-order chi connectivity index (χ0) is 15.1. The summed E-state index contributed by atoms with van der Waals surface area (Å²) in [5.74, 6) is 1.04. The Balaban J connectivity index is 1.70. The van der Waals surface area contributed by atoms with Crippen molar-refractivity contribution in [3.05, 3.63) is 59.7 Å². The average Bonchev–Trinajstić information content (AvgIpc) is 2.47. The Bertz CT molecular complexity index is 605. The van der Waals surface area contributed by atoms with E-state index in [1.807, 2.05) is 31.2 Å². The maximum absolute atomic E-state index is 12.1. The fourth-order valence-corrected chi connectivity index (χ4v) is 2.17. The molecule has 0 radical (unpaired) electrons. The Morgan fingerprint density at radius 1 is 1.10 bits per heavy atom. The Labute approximate surface area is 125 Å². The Kier molecular flexibility index (Phi) is 5.38. The first-order chi connectivity index (χ1) is 10.2. The number of phenolic OH excluding ortho intramolecular Hbond substituents is 1. The molecule has 110 valence electrons. The van der Waals surface area contributed by atoms with Crippen LogP contribution >= 0.6 is 0 Å². The highest BCUT2D eigenvalue weighted by molar-refractivity contribution is 5.97. The summed E-state index contributed by atoms with van der Waals surface area (Å²) in [5.41, 5.74) is 1.84. The number of ether oxygens (including phenoxy) is 1. The highest BCUT2D eigenvalue weighted by Crippen LogP contribution is 2.18. The summed E-state index contributed by atoms with van der Waals surface area (Å²) < 4.78 is 5.53. The Morgan fingerprint density at radius 2 is 1.90 bits per heavy atom. The van der Waals surface area contributed by atoms with Crippen LogP contribution in [-0.2, 0) is 0 Å². The van der Waals surface area contributed by atoms with Gasteiger partial charge in [0.15, 0.2) is 5.78 Å². The molecule has 0 saturated heterocycles. The maximum Gasteiger partial charge on any atom is 0.163 e. The second-order valence-electron chi connectivity index (χ2n) is 5.04. The molecule has 0 amide bonds. The van der Waals surface area contributed by atoms with E-state index in [0.717, 1.165) is 24.0 Å². The number of aromatic hydroxyl groups is 1. The lowest BCUT2D eigenvalue weighted by Crippen LogP contribution is -2.03. The van der Waals surface area contributed by atoms with Crippen molar-refractivity contribution in [1.82, 2.24) is 0 Å². The van der Waals surface area contributed by atoms with Gasteiger partial charge in [0.05, 0.1) is 6.61 Å². The Morgan fingerprint density at radius 3 is 2.67 bits per heavy atom. The monoisotopic (exact) mass is 284 g/mol. The smallest absolute Gasteiger partial charge is 0.163 e. The minimum atomic E-state index is 0.186. The third-order valence-electron chi connectivity index (χ3n) is 3.33. The standard InChI is InChI=1S/C18H20O3/c1-14-7-2-3-10-17(14)18(20)11-4-5-12-21-16-9-6-8-15(19)13-16/h2-3,6-10,13,19H,4-5,11-12H2,1H3. The predicted octanol–water partition coefficient (Wildman–Crippen LogP) is 4.13. The van der Waals surface area contributed by atoms with Crippen molar-refractivity contribution in [2.45, 2.75) is 26.2 Å². The molecule has 3 heteroatoms. The number of benzene rings is 2. The SMILES string of the molecule is Cc1ccccc1C(=O)CCCCOc1cccc(O)c1. The quantitative estimate of drug-likeness (QED) is 0.614. The van der Waals surface area contributed by atoms with Gasteiger partial charge in [-0.25, -0.2) is 0 Å². The molecule has 0 fully saturated rings. The molecular weight excluding hydrogens is 264 g/mol. The zero-order valence-corrected chi connectivity index (χ0v) is 12.2. The lowest BCUT2D eigenvalue weighted by Gasteiger charge is -2.07. The first-order valence-electron chi connectivity index (χ1n) is 7.17. The molecule has 0 saturated carbocycles. The van der Waals surface area contributed by atoms with E-state index in [4.69, 9.17) is 4.74 Å². The van der Waals surface area contributed by atoms with E-state index in [9.17, 15) is 9.90 Å². The number of aryl methyl sites for hydroxylation is 1. The average molecular weight is 284 g/mol. The molecule has 0 aliphatic rings. The van der Waals surface area contributed by atoms with E-state index in [-0.39, 0.29) is 11.5 Å². The van der Waals surface area contributed by atoms with Crippen LogP contribution in [0.2, 0.25) is 0 Å². The molecule has 3 nitrogen and oxygen atoms in total. The third-order valence-corrected chi connectivity index (χ3v) is 3.33. The number of unbranched alkanes of at least 4 members (excludes halogenated alkanes) is 1. The van der Waals surface area contributed by atoms with Crippen LogP contribution in [0.1, 0.15) is 35.2 Å². The lowest BCUT2D eigenvalue weighted by atomic mass is 10.0. The van der Waals surface area contributed by atoms with Crippen LogP contribution in [-0.4, -0.2) is 17.5 Å². The summed E-state index contributed by atoms with van der Waals surface area (Å²) in [5, 5.41) is 9.32. The minimum Gasteiger partial charge on any atom is -0.508 e. The summed E-state index contributed by atoms with van der Waals surface area (Å²) in [6.45, 7) is 2.50. The first kappa shape index (κ1) is 15.1. The fourth-order valence-electron chi connectivity index (χ4n) is 2.17. The van der Waals surface area contributed by atoms with Crippen LogP contribution < -0.4 is 4.74 Å². The van der Waals surface area contributed by atoms with Gasteiger partial charge in [-0.05, 0) is 37.5 Å². The van der Waals surface area contributed by atoms with Gasteiger partial charge in [-0.1, -0.05) is 30.3 Å². The van der Waals surface area contributed by atoms with Crippen LogP contribution in [0, 0.1) is 6.92 Å². The second kappa shape index (κ2) is 7.48. The molecule has 0 spiro atoms. The Hall–Kier alpha value is -2.29. The molecule has 2 aromatic rings. The van der Waals surface area contributed by atoms with Crippen LogP contribution in [0.25, 0.3) is 0 Å². The molecule has 0 aliphatic carbocycles. The topological polar surface area (TPSA) is 46.5 Å². The molecule has 21 heavy (non-hydrogen) atoms. The van der Waals surface area contributed by atoms with E-state index < -0.39 is 0 Å². The van der Waals surface area contributed by atoms with E-state index in [1.54, 1.807) is 24.3 Å². The molecule has 0 unspecified atom stereocenters. The lowest BCUT2D eigenvalue weighted by molar-refractivity contribution is 0.0977. The third kappa shape index (κ3) is 4.63. The van der Waals surface area contributed by atoms with Crippen LogP contribution in [0.15, 0.2) is 48.5 Å². The number of hydrogen-bond donors (Lipinski definition) is 1. The van der Waals surface area contributed by atoms with Crippen LogP contribution in [0.5, 0.6) is 11.5 Å². The fraction of sp³-hybridized carbons (Fsp3) is 0.278. The highest BCUT2D eigenvalue weighted by Gasteiger charge is 2.07. The van der Waals surface area contributed by atoms with Gasteiger partial charge in [-0.2, -0.15) is 0 Å². The molecule has 0 bridgehead atoms. The molecule has 2 rings (SSSR count). The van der Waals surface area contributed by atoms with E-state index in [2.05, 4.69) is 0 Å². The summed E-state index contributed by atoms with van der Waals surface area (Å²) in [6, 6.07) is 14.4. The van der Waals surface area contributed by atoms with Crippen molar-refractivity contribution in [2.75, 3.05) is 6.61 Å². The van der Waals surface area contributed by atoms with Crippen LogP contribution in [0.4, 0.5) is 0 Å². The number of Topliss-reactive ketones (excluding diaryl/α,β-unsaturated/α-hetero) is 1. The van der Waals surface area contributed by atoms with Gasteiger partial charge in [0.1, 0.15) is 11.5 Å². The predicted molar refractivity (Wildman–Crippen MR) is 83.0 cm³/mol. The van der Waals surface area contributed by atoms with Gasteiger partial charge in [0.2, 0.25) is 0 Å². The number of phenols is 1. The second-order valence-corrected chi connectivity index (χ2v) is 5.04. The number of carbonyl (C=O) groups is 1. The van der Waals surface area contributed by atoms with Crippen molar-refractivity contribution < 1.29 is 14.6 Å². The zero-order valence-electron chi connectivity index (χ0n) is 12.2. The van der Waals surface area contributed by atoms with Gasteiger partial charge in [-0.3, -0.25) is 4.79 Å². The van der Waals surface area contributed by atoms with Crippen molar-refractivity contribution in [3.8, 4) is 11.5 Å². The normalized spacial score (nSPS) is 10.3. The molecule has 2 aromatic carbocycles. The molecular formula is C18H20O3. The summed E-state index contributed by atoms with van der Waals surface area (Å²) in [4.78, 5) is 12.1. The first-order valence-corrected chi connectivity index (χ1v) is 7.17. The summed E-state index contributed by atoms with van der Waals surface area (Å²) in [6.07, 6.45) is 2.15. The van der Waals surface area contributed by atoms with Crippen molar-refractivity contribution in [3.63, 3.8) is 0 Å². The van der Waals surface area contributed by atoms with Gasteiger partial charge in [-0.15, -0.1) is 0 Å². The molecule has 0 aromatic heterocycles. The number of ketones is 1. The summed E-state index contributed by atoms with van der Waals surface area (Å²) in [7, 11) is 0. The number of carbonyl (C=O) groups excluding carboxylic acids is 1.